The fourth-order valence-corrected chi connectivity index (χ4v) is 3.09. The van der Waals surface area contributed by atoms with Crippen LogP contribution in [0.25, 0.3) is 11.3 Å². The molecule has 24 heavy (non-hydrogen) atoms. The third-order valence-electron chi connectivity index (χ3n) is 4.28. The Kier molecular flexibility index (Phi) is 3.65. The lowest BCUT2D eigenvalue weighted by Crippen LogP contribution is -2.34. The fourth-order valence-electron chi connectivity index (χ4n) is 3.09. The first-order chi connectivity index (χ1) is 12.2. The van der Waals surface area contributed by atoms with E-state index in [1.165, 1.54) is 0 Å². The average Bonchev–Trinajstić information content (AvgIpc) is 2.66. The molecule has 1 aromatic heterocycles. The van der Waals surface area contributed by atoms with Gasteiger partial charge in [-0.05, 0) is 24.1 Å². The summed E-state index contributed by atoms with van der Waals surface area (Å²) in [7, 11) is 0. The van der Waals surface area contributed by atoms with Crippen molar-refractivity contribution >= 4 is 5.69 Å². The van der Waals surface area contributed by atoms with Crippen LogP contribution in [0.1, 0.15) is 5.56 Å². The van der Waals surface area contributed by atoms with Crippen LogP contribution >= 0.6 is 0 Å². The molecule has 2 aliphatic rings. The summed E-state index contributed by atoms with van der Waals surface area (Å²) in [5, 5.41) is 0. The molecule has 0 amide bonds. The zero-order valence-corrected chi connectivity index (χ0v) is 13.2. The Bertz CT molecular complexity index is 833. The molecule has 2 aliphatic heterocycles. The van der Waals surface area contributed by atoms with E-state index in [9.17, 15) is 4.79 Å². The Morgan fingerprint density at radius 3 is 3.21 bits per heavy atom. The predicted octanol–water partition coefficient (Wildman–Crippen LogP) is 0.843. The van der Waals surface area contributed by atoms with Crippen LogP contribution in [0.5, 0.6) is 5.88 Å². The molecule has 126 valence electrons. The van der Waals surface area contributed by atoms with Crippen molar-refractivity contribution in [2.45, 2.75) is 19.1 Å². The lowest BCUT2D eigenvalue weighted by Gasteiger charge is -2.24. The number of nitrogens with two attached hydrogens (primary N) is 1. The molecule has 3 heterocycles. The fraction of sp³-hybridized carbons (Fsp3) is 0.412. The zero-order chi connectivity index (χ0) is 17.2. The van der Waals surface area contributed by atoms with Crippen LogP contribution in [0.4, 0.5) is 5.69 Å². The molecular weight excluding hydrogens is 310 g/mol. The van der Waals surface area contributed by atoms with Gasteiger partial charge < -0.3 is 19.9 Å². The number of anilines is 1. The summed E-state index contributed by atoms with van der Waals surface area (Å²) in [6.45, 7) is 2.49. The summed E-state index contributed by atoms with van der Waals surface area (Å²) in [5.74, 6) is 0.293. The number of benzene rings is 1. The molecule has 0 spiro atoms. The molecule has 1 atom stereocenters. The minimum Gasteiger partial charge on any atom is -0.475 e. The van der Waals surface area contributed by atoms with Gasteiger partial charge in [0.05, 0.1) is 25.5 Å². The summed E-state index contributed by atoms with van der Waals surface area (Å²) < 4.78 is 25.5. The highest BCUT2D eigenvalue weighted by Gasteiger charge is 2.20. The van der Waals surface area contributed by atoms with E-state index >= 15 is 0 Å². The third-order valence-corrected chi connectivity index (χ3v) is 4.28. The van der Waals surface area contributed by atoms with Gasteiger partial charge in [-0.2, -0.15) is 4.98 Å². The van der Waals surface area contributed by atoms with Crippen molar-refractivity contribution in [1.82, 2.24) is 9.55 Å². The topological polar surface area (TPSA) is 88.6 Å². The van der Waals surface area contributed by atoms with E-state index in [1.54, 1.807) is 10.6 Å². The molecular formula is C17H19N3O4. The maximum atomic E-state index is 12.3. The molecule has 1 aromatic carbocycles. The van der Waals surface area contributed by atoms with E-state index < -0.39 is 0 Å². The Labute approximate surface area is 140 Å². The number of hydrogen-bond acceptors (Lipinski definition) is 6. The minimum atomic E-state index is -0.318. The Balaban J connectivity index is 1.61. The van der Waals surface area contributed by atoms with Gasteiger partial charge in [0, 0.05) is 23.9 Å². The summed E-state index contributed by atoms with van der Waals surface area (Å²) in [4.78, 5) is 16.4. The van der Waals surface area contributed by atoms with Crippen LogP contribution in [0.2, 0.25) is 1.41 Å². The van der Waals surface area contributed by atoms with Crippen LogP contribution in [0.15, 0.2) is 29.1 Å². The maximum absolute atomic E-state index is 12.3. The Hall–Kier alpha value is -2.38. The molecule has 1 fully saturated rings. The lowest BCUT2D eigenvalue weighted by atomic mass is 9.97. The quantitative estimate of drug-likeness (QED) is 0.835. The Morgan fingerprint density at radius 1 is 1.42 bits per heavy atom. The first-order valence-corrected chi connectivity index (χ1v) is 7.99. The van der Waals surface area contributed by atoms with E-state index in [1.807, 2.05) is 18.2 Å². The monoisotopic (exact) mass is 331 g/mol. The highest BCUT2D eigenvalue weighted by Crippen LogP contribution is 2.30. The summed E-state index contributed by atoms with van der Waals surface area (Å²) in [6, 6.07) is 7.46. The molecule has 0 aliphatic carbocycles. The second-order valence-electron chi connectivity index (χ2n) is 5.91. The van der Waals surface area contributed by atoms with Crippen LogP contribution in [0.3, 0.4) is 0 Å². The number of nitrogens with zero attached hydrogens (tertiary/aromatic N) is 2. The van der Waals surface area contributed by atoms with Gasteiger partial charge in [0.1, 0.15) is 12.7 Å². The van der Waals surface area contributed by atoms with Crippen molar-refractivity contribution < 1.29 is 15.6 Å². The highest BCUT2D eigenvalue weighted by atomic mass is 16.6. The minimum absolute atomic E-state index is 0.146. The van der Waals surface area contributed by atoms with E-state index in [0.29, 0.717) is 38.9 Å². The Morgan fingerprint density at radius 2 is 2.38 bits per heavy atom. The first-order valence-electron chi connectivity index (χ1n) is 8.49. The zero-order valence-electron chi connectivity index (χ0n) is 14.2. The van der Waals surface area contributed by atoms with Crippen molar-refractivity contribution in [2.24, 2.45) is 0 Å². The van der Waals surface area contributed by atoms with Crippen LogP contribution < -0.4 is 16.2 Å². The molecule has 0 saturated carbocycles. The van der Waals surface area contributed by atoms with E-state index in [0.717, 1.165) is 28.9 Å². The number of ether oxygens (including phenoxy) is 3. The largest absolute Gasteiger partial charge is 0.475 e. The van der Waals surface area contributed by atoms with Gasteiger partial charge in [-0.15, -0.1) is 0 Å². The smallest absolute Gasteiger partial charge is 0.351 e. The second kappa shape index (κ2) is 6.26. The van der Waals surface area contributed by atoms with Gasteiger partial charge in [-0.25, -0.2) is 4.79 Å². The predicted molar refractivity (Wildman–Crippen MR) is 88.1 cm³/mol. The number of nitrogen functional groups attached to an aromatic ring is 1. The SMILES string of the molecule is [3H]Nc1ccc2c(c1)CCn1c-2cc(OC[C@@H]2COCCO2)nc1=O. The second-order valence-corrected chi connectivity index (χ2v) is 5.91. The van der Waals surface area contributed by atoms with E-state index in [2.05, 4.69) is 10.7 Å². The van der Waals surface area contributed by atoms with Crippen molar-refractivity contribution in [3.05, 3.63) is 40.3 Å². The van der Waals surface area contributed by atoms with Crippen molar-refractivity contribution in [3.8, 4) is 17.1 Å². The van der Waals surface area contributed by atoms with Gasteiger partial charge in [0.15, 0.2) is 1.41 Å². The molecule has 0 bridgehead atoms. The van der Waals surface area contributed by atoms with Gasteiger partial charge in [0.2, 0.25) is 5.88 Å². The number of hydrogen-bond donors (Lipinski definition) is 1. The number of fused-ring (bicyclic) bond motifs is 3. The van der Waals surface area contributed by atoms with Gasteiger partial charge in [0.25, 0.3) is 0 Å². The normalized spacial score (nSPS) is 19.8. The lowest BCUT2D eigenvalue weighted by molar-refractivity contribution is -0.102. The number of aromatic nitrogens is 2. The molecule has 4 rings (SSSR count). The van der Waals surface area contributed by atoms with E-state index in [4.69, 9.17) is 15.6 Å². The van der Waals surface area contributed by atoms with Gasteiger partial charge in [-0.3, -0.25) is 4.57 Å². The molecule has 0 unspecified atom stereocenters. The standard InChI is InChI=1S/C17H19N3O4/c18-12-1-2-14-11(7-12)3-4-20-15(14)8-16(19-17(20)21)24-10-13-9-22-5-6-23-13/h1-2,7-8,13H,3-6,9-10,18H2/t13-/m0/s1/i/hT. The molecule has 2 N–H and O–H groups in total. The van der Waals surface area contributed by atoms with Gasteiger partial charge >= 0.3 is 5.69 Å². The van der Waals surface area contributed by atoms with E-state index in [-0.39, 0.29) is 11.8 Å². The molecule has 7 heteroatoms. The van der Waals surface area contributed by atoms with Crippen LogP contribution in [-0.2, 0) is 22.4 Å². The molecule has 2 aromatic rings. The van der Waals surface area contributed by atoms with Gasteiger partial charge in [-0.1, -0.05) is 6.07 Å². The first kappa shape index (κ1) is 14.0. The molecule has 1 saturated heterocycles. The molecule has 0 radical (unpaired) electrons. The summed E-state index contributed by atoms with van der Waals surface area (Å²) in [5.41, 5.74) is 5.66. The maximum Gasteiger partial charge on any atom is 0.351 e. The average molecular weight is 331 g/mol. The third kappa shape index (κ3) is 2.88. The summed E-state index contributed by atoms with van der Waals surface area (Å²) in [6.07, 6.45) is 0.583. The molecule has 7 nitrogen and oxygen atoms in total. The highest BCUT2D eigenvalue weighted by molar-refractivity contribution is 5.69. The summed E-state index contributed by atoms with van der Waals surface area (Å²) >= 11 is 0. The van der Waals surface area contributed by atoms with Crippen molar-refractivity contribution in [2.75, 3.05) is 32.2 Å². The number of rotatable bonds is 4. The van der Waals surface area contributed by atoms with Crippen LogP contribution in [0, 0.1) is 0 Å². The van der Waals surface area contributed by atoms with Crippen LogP contribution in [-0.4, -0.2) is 42.1 Å². The number of aryl methyl sites for hydroxylation is 1. The van der Waals surface area contributed by atoms with Crippen molar-refractivity contribution in [1.29, 1.82) is 0 Å². The van der Waals surface area contributed by atoms with Crippen molar-refractivity contribution in [3.63, 3.8) is 0 Å².